The van der Waals surface area contributed by atoms with Crippen molar-refractivity contribution in [2.45, 2.75) is 31.7 Å². The lowest BCUT2D eigenvalue weighted by Gasteiger charge is -2.30. The van der Waals surface area contributed by atoms with Crippen molar-refractivity contribution in [1.29, 1.82) is 0 Å². The monoisotopic (exact) mass is 422 g/mol. The third-order valence-electron chi connectivity index (χ3n) is 4.75. The number of nitrogens with zero attached hydrogens (tertiary/aromatic N) is 2. The minimum absolute atomic E-state index is 0. The van der Waals surface area contributed by atoms with Gasteiger partial charge in [-0.2, -0.15) is 0 Å². The molecule has 3 rings (SSSR count). The van der Waals surface area contributed by atoms with Gasteiger partial charge < -0.3 is 10.2 Å². The smallest absolute Gasteiger partial charge is 0.267 e. The Balaban J connectivity index is 0.00000169. The summed E-state index contributed by atoms with van der Waals surface area (Å²) in [6.45, 7) is 3.38. The predicted octanol–water partition coefficient (Wildman–Crippen LogP) is 3.38. The first-order valence-corrected chi connectivity index (χ1v) is 8.78. The van der Waals surface area contributed by atoms with E-state index in [-0.39, 0.29) is 24.8 Å². The fourth-order valence-corrected chi connectivity index (χ4v) is 3.44. The van der Waals surface area contributed by atoms with E-state index in [0.29, 0.717) is 22.4 Å². The number of amides is 1. The second-order valence-corrected chi connectivity index (χ2v) is 7.00. The highest BCUT2D eigenvalue weighted by molar-refractivity contribution is 6.33. The lowest BCUT2D eigenvalue weighted by atomic mass is 9.85. The Kier molecular flexibility index (Phi) is 9.68. The van der Waals surface area contributed by atoms with E-state index in [1.165, 1.54) is 37.4 Å². The molecule has 2 fully saturated rings. The predicted molar refractivity (Wildman–Crippen MR) is 109 cm³/mol. The van der Waals surface area contributed by atoms with Crippen LogP contribution in [0.4, 0.5) is 5.82 Å². The SMILES string of the molecule is Cl.Cl.O=C(C=Cc1cnc(N[C@@H]2CCN(CC3CCC3)C2)c(Cl)c1)NO. The molecule has 1 aromatic rings. The summed E-state index contributed by atoms with van der Waals surface area (Å²) >= 11 is 6.29. The molecule has 2 aliphatic rings. The van der Waals surface area contributed by atoms with Crippen LogP contribution in [0.25, 0.3) is 6.08 Å². The van der Waals surface area contributed by atoms with Gasteiger partial charge in [0.05, 0.1) is 5.02 Å². The maximum atomic E-state index is 11.0. The normalized spacial score (nSPS) is 20.2. The van der Waals surface area contributed by atoms with Gasteiger partial charge >= 0.3 is 0 Å². The van der Waals surface area contributed by atoms with Gasteiger partial charge in [0.15, 0.2) is 0 Å². The van der Waals surface area contributed by atoms with Crippen LogP contribution in [-0.4, -0.2) is 46.7 Å². The van der Waals surface area contributed by atoms with Crippen molar-refractivity contribution in [3.63, 3.8) is 0 Å². The first-order chi connectivity index (χ1) is 11.6. The average molecular weight is 424 g/mol. The summed E-state index contributed by atoms with van der Waals surface area (Å²) < 4.78 is 0. The highest BCUT2D eigenvalue weighted by Crippen LogP contribution is 2.29. The fraction of sp³-hybridized carbons (Fsp3) is 0.529. The van der Waals surface area contributed by atoms with Crippen LogP contribution in [0.3, 0.4) is 0 Å². The number of rotatable bonds is 6. The molecule has 2 heterocycles. The highest BCUT2D eigenvalue weighted by Gasteiger charge is 2.27. The summed E-state index contributed by atoms with van der Waals surface area (Å²) in [7, 11) is 0. The molecule has 6 nitrogen and oxygen atoms in total. The molecule has 1 aliphatic carbocycles. The molecule has 1 saturated heterocycles. The van der Waals surface area contributed by atoms with E-state index in [4.69, 9.17) is 16.8 Å². The van der Waals surface area contributed by atoms with Gasteiger partial charge in [0.1, 0.15) is 5.82 Å². The molecule has 0 spiro atoms. The van der Waals surface area contributed by atoms with Crippen LogP contribution in [0.2, 0.25) is 5.02 Å². The van der Waals surface area contributed by atoms with Crippen LogP contribution in [0.15, 0.2) is 18.3 Å². The third kappa shape index (κ3) is 6.28. The molecular formula is C17H25Cl3N4O2. The van der Waals surface area contributed by atoms with Gasteiger partial charge in [0.2, 0.25) is 0 Å². The van der Waals surface area contributed by atoms with E-state index in [1.807, 2.05) is 0 Å². The van der Waals surface area contributed by atoms with Gasteiger partial charge in [-0.3, -0.25) is 10.0 Å². The summed E-state index contributed by atoms with van der Waals surface area (Å²) in [5, 5.41) is 12.4. The second-order valence-electron chi connectivity index (χ2n) is 6.59. The Morgan fingerprint density at radius 1 is 1.38 bits per heavy atom. The minimum atomic E-state index is -0.592. The molecule has 1 amide bonds. The van der Waals surface area contributed by atoms with Crippen molar-refractivity contribution in [1.82, 2.24) is 15.4 Å². The van der Waals surface area contributed by atoms with E-state index in [2.05, 4.69) is 15.2 Å². The zero-order valence-corrected chi connectivity index (χ0v) is 16.7. The number of hydrogen-bond acceptors (Lipinski definition) is 5. The fourth-order valence-electron chi connectivity index (χ4n) is 3.21. The zero-order chi connectivity index (χ0) is 16.9. The Hall–Kier alpha value is -1.05. The number of carbonyl (C=O) groups is 1. The van der Waals surface area contributed by atoms with Gasteiger partial charge in [-0.15, -0.1) is 24.8 Å². The minimum Gasteiger partial charge on any atom is -0.365 e. The quantitative estimate of drug-likeness (QED) is 0.371. The van der Waals surface area contributed by atoms with Gasteiger partial charge in [-0.1, -0.05) is 18.0 Å². The van der Waals surface area contributed by atoms with E-state index in [1.54, 1.807) is 18.3 Å². The summed E-state index contributed by atoms with van der Waals surface area (Å²) in [4.78, 5) is 17.9. The molecule has 0 aromatic carbocycles. The van der Waals surface area contributed by atoms with E-state index >= 15 is 0 Å². The molecule has 3 N–H and O–H groups in total. The van der Waals surface area contributed by atoms with Crippen molar-refractivity contribution >= 4 is 54.2 Å². The Morgan fingerprint density at radius 3 is 2.77 bits per heavy atom. The number of carbonyl (C=O) groups excluding carboxylic acids is 1. The Bertz CT molecular complexity index is 626. The summed E-state index contributed by atoms with van der Waals surface area (Å²) in [6.07, 6.45) is 9.66. The molecule has 1 atom stereocenters. The van der Waals surface area contributed by atoms with Crippen molar-refractivity contribution in [3.05, 3.63) is 28.9 Å². The summed E-state index contributed by atoms with van der Waals surface area (Å²) in [5.74, 6) is 0.981. The van der Waals surface area contributed by atoms with E-state index in [0.717, 1.165) is 25.4 Å². The molecule has 1 saturated carbocycles. The van der Waals surface area contributed by atoms with Gasteiger partial charge in [0, 0.05) is 37.9 Å². The van der Waals surface area contributed by atoms with Crippen LogP contribution < -0.4 is 10.8 Å². The van der Waals surface area contributed by atoms with Crippen molar-refractivity contribution in [2.75, 3.05) is 25.0 Å². The third-order valence-corrected chi connectivity index (χ3v) is 5.04. The first-order valence-electron chi connectivity index (χ1n) is 8.40. The molecule has 0 unspecified atom stereocenters. The summed E-state index contributed by atoms with van der Waals surface area (Å²) in [5.41, 5.74) is 2.24. The number of hydroxylamine groups is 1. The second kappa shape index (κ2) is 10.9. The van der Waals surface area contributed by atoms with Crippen LogP contribution in [-0.2, 0) is 4.79 Å². The van der Waals surface area contributed by atoms with Crippen molar-refractivity contribution < 1.29 is 10.0 Å². The standard InChI is InChI=1S/C17H23ClN4O2.2ClH/c18-15-8-13(4-5-16(23)21-24)9-19-17(15)20-14-6-7-22(11-14)10-12-2-1-3-12;;/h4-5,8-9,12,14,24H,1-3,6-7,10-11H2,(H,19,20)(H,21,23);2*1H/t14-;;/m1../s1. The first kappa shape index (κ1) is 23.0. The number of anilines is 1. The molecule has 1 aromatic heterocycles. The molecule has 9 heteroatoms. The molecule has 1 aliphatic heterocycles. The Labute approximate surface area is 171 Å². The number of aromatic nitrogens is 1. The summed E-state index contributed by atoms with van der Waals surface area (Å²) in [6, 6.07) is 2.12. The van der Waals surface area contributed by atoms with Gasteiger partial charge in [0.25, 0.3) is 5.91 Å². The largest absolute Gasteiger partial charge is 0.365 e. The number of likely N-dealkylation sites (tertiary alicyclic amines) is 1. The van der Waals surface area contributed by atoms with Gasteiger partial charge in [-0.05, 0) is 42.9 Å². The number of pyridine rings is 1. The molecule has 26 heavy (non-hydrogen) atoms. The lowest BCUT2D eigenvalue weighted by molar-refractivity contribution is -0.124. The van der Waals surface area contributed by atoms with E-state index < -0.39 is 5.91 Å². The lowest BCUT2D eigenvalue weighted by Crippen LogP contribution is -2.33. The number of halogens is 3. The molecule has 146 valence electrons. The molecular weight excluding hydrogens is 399 g/mol. The molecule has 0 radical (unpaired) electrons. The zero-order valence-electron chi connectivity index (χ0n) is 14.4. The van der Waals surface area contributed by atoms with Crippen LogP contribution in [0.5, 0.6) is 0 Å². The topological polar surface area (TPSA) is 77.5 Å². The maximum absolute atomic E-state index is 11.0. The van der Waals surface area contributed by atoms with Gasteiger partial charge in [-0.25, -0.2) is 10.5 Å². The Morgan fingerprint density at radius 2 is 2.15 bits per heavy atom. The maximum Gasteiger partial charge on any atom is 0.267 e. The number of hydrogen-bond donors (Lipinski definition) is 3. The van der Waals surface area contributed by atoms with Crippen molar-refractivity contribution in [2.24, 2.45) is 5.92 Å². The highest BCUT2D eigenvalue weighted by atomic mass is 35.5. The number of nitrogens with one attached hydrogen (secondary N) is 2. The van der Waals surface area contributed by atoms with Crippen LogP contribution in [0, 0.1) is 5.92 Å². The van der Waals surface area contributed by atoms with E-state index in [9.17, 15) is 4.79 Å². The van der Waals surface area contributed by atoms with Crippen LogP contribution in [0.1, 0.15) is 31.2 Å². The molecule has 0 bridgehead atoms. The average Bonchev–Trinajstić information content (AvgIpc) is 2.98. The van der Waals surface area contributed by atoms with Crippen LogP contribution >= 0.6 is 36.4 Å². The van der Waals surface area contributed by atoms with Crippen molar-refractivity contribution in [3.8, 4) is 0 Å².